The Morgan fingerprint density at radius 3 is 2.48 bits per heavy atom. The standard InChI is InChI=1S/C17H32N4/c1-5-10-21-17(19-12-20-21)11-16(18-4)15-8-6-14(7-9-15)13(2)3/h12-16,18H,5-11H2,1-4H3. The highest BCUT2D eigenvalue weighted by Crippen LogP contribution is 2.35. The molecule has 4 nitrogen and oxygen atoms in total. The van der Waals surface area contributed by atoms with E-state index in [0.717, 1.165) is 43.0 Å². The first-order chi connectivity index (χ1) is 10.2. The Bertz CT molecular complexity index is 405. The van der Waals surface area contributed by atoms with Gasteiger partial charge in [0, 0.05) is 19.0 Å². The third-order valence-electron chi connectivity index (χ3n) is 5.23. The van der Waals surface area contributed by atoms with Crippen molar-refractivity contribution in [2.45, 2.75) is 71.9 Å². The number of likely N-dealkylation sites (N-methyl/N-ethyl adjacent to an activating group) is 1. The Balaban J connectivity index is 1.93. The maximum absolute atomic E-state index is 4.47. The van der Waals surface area contributed by atoms with Crippen LogP contribution < -0.4 is 5.32 Å². The summed E-state index contributed by atoms with van der Waals surface area (Å²) in [6.45, 7) is 7.90. The molecule has 1 saturated carbocycles. The molecule has 4 heteroatoms. The lowest BCUT2D eigenvalue weighted by atomic mass is 9.74. The molecular weight excluding hydrogens is 260 g/mol. The van der Waals surface area contributed by atoms with Gasteiger partial charge in [-0.15, -0.1) is 0 Å². The van der Waals surface area contributed by atoms with Crippen molar-refractivity contribution >= 4 is 0 Å². The number of aromatic nitrogens is 3. The Kier molecular flexibility index (Phi) is 6.22. The van der Waals surface area contributed by atoms with E-state index in [0.29, 0.717) is 6.04 Å². The Hall–Kier alpha value is -0.900. The number of nitrogens with zero attached hydrogens (tertiary/aromatic N) is 3. The van der Waals surface area contributed by atoms with Crippen LogP contribution in [-0.4, -0.2) is 27.9 Å². The van der Waals surface area contributed by atoms with E-state index in [4.69, 9.17) is 0 Å². The fourth-order valence-electron chi connectivity index (χ4n) is 3.76. The molecule has 1 atom stereocenters. The first kappa shape index (κ1) is 16.5. The second kappa shape index (κ2) is 7.92. The van der Waals surface area contributed by atoms with E-state index in [-0.39, 0.29) is 0 Å². The summed E-state index contributed by atoms with van der Waals surface area (Å²) in [5, 5.41) is 7.89. The molecule has 120 valence electrons. The summed E-state index contributed by atoms with van der Waals surface area (Å²) >= 11 is 0. The van der Waals surface area contributed by atoms with Crippen molar-refractivity contribution in [2.75, 3.05) is 7.05 Å². The molecule has 1 heterocycles. The van der Waals surface area contributed by atoms with Crippen LogP contribution in [0.3, 0.4) is 0 Å². The van der Waals surface area contributed by atoms with Crippen molar-refractivity contribution in [1.29, 1.82) is 0 Å². The van der Waals surface area contributed by atoms with E-state index < -0.39 is 0 Å². The van der Waals surface area contributed by atoms with Crippen LogP contribution in [-0.2, 0) is 13.0 Å². The van der Waals surface area contributed by atoms with Crippen molar-refractivity contribution in [2.24, 2.45) is 17.8 Å². The first-order valence-electron chi connectivity index (χ1n) is 8.69. The third kappa shape index (κ3) is 4.29. The van der Waals surface area contributed by atoms with E-state index in [9.17, 15) is 0 Å². The molecule has 1 aromatic heterocycles. The minimum atomic E-state index is 0.540. The molecular formula is C17H32N4. The summed E-state index contributed by atoms with van der Waals surface area (Å²) in [4.78, 5) is 4.47. The van der Waals surface area contributed by atoms with Crippen molar-refractivity contribution < 1.29 is 0 Å². The quantitative estimate of drug-likeness (QED) is 0.838. The van der Waals surface area contributed by atoms with Gasteiger partial charge in [0.2, 0.25) is 0 Å². The molecule has 0 radical (unpaired) electrons. The highest BCUT2D eigenvalue weighted by Gasteiger charge is 2.28. The minimum Gasteiger partial charge on any atom is -0.316 e. The maximum Gasteiger partial charge on any atom is 0.138 e. The van der Waals surface area contributed by atoms with Gasteiger partial charge < -0.3 is 5.32 Å². The summed E-state index contributed by atoms with van der Waals surface area (Å²) in [6.07, 6.45) is 9.32. The number of hydrogen-bond acceptors (Lipinski definition) is 3. The van der Waals surface area contributed by atoms with Crippen LogP contribution in [0.25, 0.3) is 0 Å². The largest absolute Gasteiger partial charge is 0.316 e. The van der Waals surface area contributed by atoms with Gasteiger partial charge in [-0.1, -0.05) is 20.8 Å². The van der Waals surface area contributed by atoms with Crippen molar-refractivity contribution in [1.82, 2.24) is 20.1 Å². The molecule has 0 spiro atoms. The van der Waals surface area contributed by atoms with Crippen LogP contribution in [0.2, 0.25) is 0 Å². The number of hydrogen-bond donors (Lipinski definition) is 1. The summed E-state index contributed by atoms with van der Waals surface area (Å²) in [5.41, 5.74) is 0. The predicted molar refractivity (Wildman–Crippen MR) is 87.2 cm³/mol. The lowest BCUT2D eigenvalue weighted by Crippen LogP contribution is -2.38. The van der Waals surface area contributed by atoms with Gasteiger partial charge in [0.1, 0.15) is 12.2 Å². The number of aryl methyl sites for hydroxylation is 1. The van der Waals surface area contributed by atoms with Crippen molar-refractivity contribution in [3.05, 3.63) is 12.2 Å². The Labute approximate surface area is 129 Å². The molecule has 2 rings (SSSR count). The second-order valence-electron chi connectivity index (χ2n) is 6.92. The summed E-state index contributed by atoms with van der Waals surface area (Å²) in [7, 11) is 2.10. The zero-order valence-corrected chi connectivity index (χ0v) is 14.2. The number of rotatable bonds is 7. The maximum atomic E-state index is 4.47. The second-order valence-corrected chi connectivity index (χ2v) is 6.92. The molecule has 1 aromatic rings. The van der Waals surface area contributed by atoms with E-state index in [1.54, 1.807) is 6.33 Å². The number of nitrogens with one attached hydrogen (secondary N) is 1. The average molecular weight is 292 g/mol. The average Bonchev–Trinajstić information content (AvgIpc) is 2.92. The predicted octanol–water partition coefficient (Wildman–Crippen LogP) is 3.28. The minimum absolute atomic E-state index is 0.540. The lowest BCUT2D eigenvalue weighted by molar-refractivity contribution is 0.190. The highest BCUT2D eigenvalue weighted by molar-refractivity contribution is 4.93. The molecule has 1 unspecified atom stereocenters. The highest BCUT2D eigenvalue weighted by atomic mass is 15.3. The molecule has 1 N–H and O–H groups in total. The summed E-state index contributed by atoms with van der Waals surface area (Å²) < 4.78 is 2.07. The van der Waals surface area contributed by atoms with Gasteiger partial charge >= 0.3 is 0 Å². The van der Waals surface area contributed by atoms with E-state index >= 15 is 0 Å². The molecule has 0 aliphatic heterocycles. The Morgan fingerprint density at radius 2 is 1.90 bits per heavy atom. The fraction of sp³-hybridized carbons (Fsp3) is 0.882. The van der Waals surface area contributed by atoms with Gasteiger partial charge in [0.15, 0.2) is 0 Å². The normalized spacial score (nSPS) is 24.4. The van der Waals surface area contributed by atoms with E-state index in [1.165, 1.54) is 25.7 Å². The van der Waals surface area contributed by atoms with Crippen LogP contribution >= 0.6 is 0 Å². The lowest BCUT2D eigenvalue weighted by Gasteiger charge is -2.35. The molecule has 0 saturated heterocycles. The van der Waals surface area contributed by atoms with Crippen molar-refractivity contribution in [3.8, 4) is 0 Å². The van der Waals surface area contributed by atoms with Crippen LogP contribution in [0.5, 0.6) is 0 Å². The Morgan fingerprint density at radius 1 is 1.24 bits per heavy atom. The fourth-order valence-corrected chi connectivity index (χ4v) is 3.76. The zero-order valence-electron chi connectivity index (χ0n) is 14.2. The van der Waals surface area contributed by atoms with Gasteiger partial charge in [-0.05, 0) is 56.9 Å². The van der Waals surface area contributed by atoms with Gasteiger partial charge in [-0.2, -0.15) is 5.10 Å². The van der Waals surface area contributed by atoms with Gasteiger partial charge in [-0.25, -0.2) is 4.98 Å². The zero-order chi connectivity index (χ0) is 15.2. The molecule has 0 bridgehead atoms. The topological polar surface area (TPSA) is 42.7 Å². The van der Waals surface area contributed by atoms with Crippen LogP contribution in [0, 0.1) is 17.8 Å². The molecule has 0 aromatic carbocycles. The smallest absolute Gasteiger partial charge is 0.138 e. The third-order valence-corrected chi connectivity index (χ3v) is 5.23. The molecule has 21 heavy (non-hydrogen) atoms. The molecule has 1 aliphatic rings. The van der Waals surface area contributed by atoms with Crippen LogP contribution in [0.1, 0.15) is 58.7 Å². The SMILES string of the molecule is CCCn1ncnc1CC(NC)C1CCC(C(C)C)CC1. The van der Waals surface area contributed by atoms with Crippen molar-refractivity contribution in [3.63, 3.8) is 0 Å². The van der Waals surface area contributed by atoms with Gasteiger partial charge in [-0.3, -0.25) is 4.68 Å². The summed E-state index contributed by atoms with van der Waals surface area (Å²) in [6, 6.07) is 0.540. The van der Waals surface area contributed by atoms with Crippen LogP contribution in [0.15, 0.2) is 6.33 Å². The van der Waals surface area contributed by atoms with E-state index in [1.807, 2.05) is 0 Å². The van der Waals surface area contributed by atoms with Gasteiger partial charge in [0.05, 0.1) is 0 Å². The monoisotopic (exact) mass is 292 g/mol. The molecule has 0 amide bonds. The van der Waals surface area contributed by atoms with Crippen LogP contribution in [0.4, 0.5) is 0 Å². The first-order valence-corrected chi connectivity index (χ1v) is 8.69. The molecule has 1 fully saturated rings. The molecule has 1 aliphatic carbocycles. The van der Waals surface area contributed by atoms with Gasteiger partial charge in [0.25, 0.3) is 0 Å². The summed E-state index contributed by atoms with van der Waals surface area (Å²) in [5.74, 6) is 3.70. The van der Waals surface area contributed by atoms with E-state index in [2.05, 4.69) is 47.9 Å².